The van der Waals surface area contributed by atoms with Crippen molar-refractivity contribution in [2.45, 2.75) is 27.2 Å². The number of ether oxygens (including phenoxy) is 1. The van der Waals surface area contributed by atoms with Gasteiger partial charge in [-0.3, -0.25) is 14.4 Å². The van der Waals surface area contributed by atoms with Crippen LogP contribution in [0.4, 0.5) is 0 Å². The van der Waals surface area contributed by atoms with Gasteiger partial charge in [0.25, 0.3) is 0 Å². The van der Waals surface area contributed by atoms with Gasteiger partial charge in [-0.05, 0) is 36.5 Å². The van der Waals surface area contributed by atoms with E-state index < -0.39 is 32.7 Å². The lowest BCUT2D eigenvalue weighted by atomic mass is 9.38. The van der Waals surface area contributed by atoms with Gasteiger partial charge in [-0.2, -0.15) is 0 Å². The number of hydrogen-bond donors (Lipinski definition) is 0. The molecule has 0 heterocycles. The van der Waals surface area contributed by atoms with Crippen LogP contribution >= 0.6 is 23.2 Å². The molecule has 96 valence electrons. The van der Waals surface area contributed by atoms with E-state index in [9.17, 15) is 14.4 Å². The number of carbonyl (C=O) groups excluding carboxylic acids is 3. The third-order valence-corrected chi connectivity index (χ3v) is 5.21. The molecule has 17 heavy (non-hydrogen) atoms. The average molecular weight is 281 g/mol. The van der Waals surface area contributed by atoms with Crippen molar-refractivity contribution in [3.63, 3.8) is 0 Å². The molecule has 6 heteroatoms. The van der Waals surface area contributed by atoms with Gasteiger partial charge in [-0.1, -0.05) is 13.8 Å². The van der Waals surface area contributed by atoms with Crippen molar-refractivity contribution < 1.29 is 19.1 Å². The number of hydrogen-bond acceptors (Lipinski definition) is 4. The second kappa shape index (κ2) is 3.95. The quantitative estimate of drug-likeness (QED) is 0.587. The summed E-state index contributed by atoms with van der Waals surface area (Å²) < 4.78 is 4.69. The van der Waals surface area contributed by atoms with Crippen molar-refractivity contribution in [2.24, 2.45) is 16.2 Å². The van der Waals surface area contributed by atoms with Crippen LogP contribution in [0.2, 0.25) is 0 Å². The molecule has 0 N–H and O–H groups in total. The van der Waals surface area contributed by atoms with Gasteiger partial charge in [0.1, 0.15) is 0 Å². The topological polar surface area (TPSA) is 60.4 Å². The summed E-state index contributed by atoms with van der Waals surface area (Å²) in [6.07, 6.45) is 0.135. The number of carbonyl (C=O) groups is 3. The monoisotopic (exact) mass is 280 g/mol. The molecular formula is C11H14Cl2O4. The fraction of sp³-hybridized carbons (Fsp3) is 0.727. The Bertz CT molecular complexity index is 380. The van der Waals surface area contributed by atoms with Gasteiger partial charge in [-0.25, -0.2) is 0 Å². The molecule has 2 unspecified atom stereocenters. The minimum absolute atomic E-state index is 0.135. The predicted molar refractivity (Wildman–Crippen MR) is 62.7 cm³/mol. The summed E-state index contributed by atoms with van der Waals surface area (Å²) in [5.74, 6) is -0.656. The number of esters is 1. The van der Waals surface area contributed by atoms with Gasteiger partial charge in [0.05, 0.1) is 23.4 Å². The molecule has 1 fully saturated rings. The Morgan fingerprint density at radius 3 is 1.59 bits per heavy atom. The first-order valence-electron chi connectivity index (χ1n) is 5.06. The third kappa shape index (κ3) is 1.47. The van der Waals surface area contributed by atoms with Crippen LogP contribution in [0.5, 0.6) is 0 Å². The summed E-state index contributed by atoms with van der Waals surface area (Å²) in [6, 6.07) is 0. The van der Waals surface area contributed by atoms with Gasteiger partial charge in [0.2, 0.25) is 10.5 Å². The SMILES string of the molecule is COC(=O)C1(C)C(C)(C(=O)Cl)CC1(C)C(=O)Cl. The van der Waals surface area contributed by atoms with E-state index in [2.05, 4.69) is 4.74 Å². The zero-order valence-electron chi connectivity index (χ0n) is 10.1. The molecular weight excluding hydrogens is 267 g/mol. The van der Waals surface area contributed by atoms with Gasteiger partial charge in [-0.15, -0.1) is 0 Å². The lowest BCUT2D eigenvalue weighted by molar-refractivity contribution is -0.210. The molecule has 1 rings (SSSR count). The lowest BCUT2D eigenvalue weighted by Gasteiger charge is -2.62. The molecule has 0 spiro atoms. The minimum atomic E-state index is -1.34. The second-order valence-electron chi connectivity index (χ2n) is 5.00. The van der Waals surface area contributed by atoms with Gasteiger partial charge < -0.3 is 4.74 Å². The summed E-state index contributed by atoms with van der Waals surface area (Å²) in [5, 5.41) is -1.33. The van der Waals surface area contributed by atoms with Crippen molar-refractivity contribution in [1.29, 1.82) is 0 Å². The first-order chi connectivity index (χ1) is 7.58. The highest BCUT2D eigenvalue weighted by molar-refractivity contribution is 6.67. The van der Waals surface area contributed by atoms with Crippen LogP contribution in [0.15, 0.2) is 0 Å². The molecule has 0 radical (unpaired) electrons. The summed E-state index contributed by atoms with van der Waals surface area (Å²) in [6.45, 7) is 4.57. The van der Waals surface area contributed by atoms with E-state index in [0.29, 0.717) is 0 Å². The fourth-order valence-corrected chi connectivity index (χ4v) is 3.26. The van der Waals surface area contributed by atoms with Gasteiger partial charge in [0.15, 0.2) is 0 Å². The number of methoxy groups -OCH3 is 1. The van der Waals surface area contributed by atoms with E-state index in [4.69, 9.17) is 23.2 Å². The van der Waals surface area contributed by atoms with E-state index in [1.165, 1.54) is 14.0 Å². The summed E-state index contributed by atoms with van der Waals surface area (Å²) in [4.78, 5) is 34.9. The molecule has 0 aromatic carbocycles. The van der Waals surface area contributed by atoms with Crippen LogP contribution in [0, 0.1) is 16.2 Å². The van der Waals surface area contributed by atoms with Crippen LogP contribution in [0.3, 0.4) is 0 Å². The predicted octanol–water partition coefficient (Wildman–Crippen LogP) is 2.11. The van der Waals surface area contributed by atoms with Gasteiger partial charge in [0, 0.05) is 0 Å². The molecule has 4 nitrogen and oxygen atoms in total. The molecule has 0 aromatic rings. The molecule has 1 aliphatic carbocycles. The van der Waals surface area contributed by atoms with Crippen LogP contribution in [-0.2, 0) is 19.1 Å². The molecule has 1 aliphatic rings. The summed E-state index contributed by atoms with van der Waals surface area (Å²) in [7, 11) is 1.20. The Morgan fingerprint density at radius 1 is 1.00 bits per heavy atom. The molecule has 2 atom stereocenters. The second-order valence-corrected chi connectivity index (χ2v) is 5.69. The largest absolute Gasteiger partial charge is 0.469 e. The van der Waals surface area contributed by atoms with Gasteiger partial charge >= 0.3 is 5.97 Å². The normalized spacial score (nSPS) is 40.4. The van der Waals surface area contributed by atoms with Crippen LogP contribution in [0.25, 0.3) is 0 Å². The molecule has 0 aromatic heterocycles. The van der Waals surface area contributed by atoms with Crippen molar-refractivity contribution >= 4 is 39.7 Å². The molecule has 0 amide bonds. The third-order valence-electron chi connectivity index (χ3n) is 4.38. The Kier molecular flexibility index (Phi) is 3.36. The highest BCUT2D eigenvalue weighted by Gasteiger charge is 2.76. The maximum atomic E-state index is 11.9. The zero-order valence-corrected chi connectivity index (χ0v) is 11.6. The lowest BCUT2D eigenvalue weighted by Crippen LogP contribution is -2.70. The summed E-state index contributed by atoms with van der Waals surface area (Å²) >= 11 is 11.1. The van der Waals surface area contributed by atoms with Crippen LogP contribution in [0.1, 0.15) is 27.2 Å². The Morgan fingerprint density at radius 2 is 1.35 bits per heavy atom. The molecule has 0 aliphatic heterocycles. The van der Waals surface area contributed by atoms with E-state index in [0.717, 1.165) is 0 Å². The van der Waals surface area contributed by atoms with E-state index in [1.54, 1.807) is 13.8 Å². The molecule has 0 saturated heterocycles. The van der Waals surface area contributed by atoms with Crippen molar-refractivity contribution in [2.75, 3.05) is 7.11 Å². The van der Waals surface area contributed by atoms with E-state index in [1.807, 2.05) is 0 Å². The summed E-state index contributed by atoms with van der Waals surface area (Å²) in [5.41, 5.74) is -3.62. The van der Waals surface area contributed by atoms with E-state index >= 15 is 0 Å². The molecule has 0 bridgehead atoms. The van der Waals surface area contributed by atoms with Crippen LogP contribution in [-0.4, -0.2) is 23.6 Å². The number of halogens is 2. The van der Waals surface area contributed by atoms with Crippen molar-refractivity contribution in [1.82, 2.24) is 0 Å². The van der Waals surface area contributed by atoms with Crippen molar-refractivity contribution in [3.8, 4) is 0 Å². The highest BCUT2D eigenvalue weighted by Crippen LogP contribution is 2.69. The highest BCUT2D eigenvalue weighted by atomic mass is 35.5. The smallest absolute Gasteiger partial charge is 0.313 e. The fourth-order valence-electron chi connectivity index (χ4n) is 2.75. The standard InChI is InChI=1S/C11H14Cl2O4/c1-9(6(12)14)5-10(2,7(13)15)11(9,3)8(16)17-4/h5H2,1-4H3. The first-order valence-corrected chi connectivity index (χ1v) is 5.82. The molecule has 1 saturated carbocycles. The van der Waals surface area contributed by atoms with Crippen LogP contribution < -0.4 is 0 Å². The average Bonchev–Trinajstić information content (AvgIpc) is 2.25. The Balaban J connectivity index is 3.36. The number of rotatable bonds is 3. The zero-order chi connectivity index (χ0) is 13.6. The van der Waals surface area contributed by atoms with Crippen molar-refractivity contribution in [3.05, 3.63) is 0 Å². The Hall–Kier alpha value is -0.610. The van der Waals surface area contributed by atoms with E-state index in [-0.39, 0.29) is 6.42 Å². The Labute approximate surface area is 110 Å². The first kappa shape index (κ1) is 14.5. The minimum Gasteiger partial charge on any atom is -0.469 e. The maximum Gasteiger partial charge on any atom is 0.313 e. The maximum absolute atomic E-state index is 11.9.